The number of thioether (sulfide) groups is 1. The third kappa shape index (κ3) is 5.13. The third-order valence-corrected chi connectivity index (χ3v) is 6.73. The van der Waals surface area contributed by atoms with Gasteiger partial charge in [0.1, 0.15) is 11.6 Å². The van der Waals surface area contributed by atoms with E-state index in [2.05, 4.69) is 47.4 Å². The molecule has 1 N–H and O–H groups in total. The van der Waals surface area contributed by atoms with Crippen molar-refractivity contribution in [3.05, 3.63) is 80.9 Å². The van der Waals surface area contributed by atoms with E-state index in [1.807, 2.05) is 25.1 Å². The fourth-order valence-corrected chi connectivity index (χ4v) is 5.41. The zero-order valence-electron chi connectivity index (χ0n) is 16.8. The highest BCUT2D eigenvalue weighted by atomic mass is 79.9. The highest BCUT2D eigenvalue weighted by Crippen LogP contribution is 2.33. The summed E-state index contributed by atoms with van der Waals surface area (Å²) in [5, 5.41) is 11.8. The molecule has 0 aliphatic rings. The summed E-state index contributed by atoms with van der Waals surface area (Å²) in [6.07, 6.45) is 1.57. The van der Waals surface area contributed by atoms with E-state index in [4.69, 9.17) is 4.42 Å². The highest BCUT2D eigenvalue weighted by Gasteiger charge is 2.19. The Morgan fingerprint density at radius 1 is 1.16 bits per heavy atom. The second kappa shape index (κ2) is 10.0. The van der Waals surface area contributed by atoms with E-state index >= 15 is 0 Å². The molecule has 164 valence electrons. The van der Waals surface area contributed by atoms with Crippen molar-refractivity contribution in [2.75, 3.05) is 11.1 Å². The lowest BCUT2D eigenvalue weighted by Crippen LogP contribution is -2.15. The van der Waals surface area contributed by atoms with Crippen molar-refractivity contribution >= 4 is 55.2 Å². The quantitative estimate of drug-likeness (QED) is 0.260. The second-order valence-corrected chi connectivity index (χ2v) is 9.54. The Hall–Kier alpha value is -2.43. The molecule has 0 saturated carbocycles. The minimum atomic E-state index is -0.399. The van der Waals surface area contributed by atoms with Crippen LogP contribution in [0.2, 0.25) is 0 Å². The molecular weight excluding hydrogens is 563 g/mol. The Balaban J connectivity index is 1.56. The predicted molar refractivity (Wildman–Crippen MR) is 129 cm³/mol. The molecular formula is C22H17Br2FN4O2S. The number of hydrogen-bond donors (Lipinski definition) is 1. The standard InChI is InChI=1S/C22H17Br2FN4O2S/c1-13-9-16(23)20(17(24)10-13)26-19(30)12-32-22-28-27-21(15-6-2-3-7-18(15)25)29(22)11-14-5-4-8-31-14/h2-10H,11-12H2,1H3,(H,26,30). The summed E-state index contributed by atoms with van der Waals surface area (Å²) in [5.41, 5.74) is 2.04. The molecule has 4 rings (SSSR count). The van der Waals surface area contributed by atoms with Gasteiger partial charge >= 0.3 is 0 Å². The average molecular weight is 580 g/mol. The maximum Gasteiger partial charge on any atom is 0.234 e. The van der Waals surface area contributed by atoms with Gasteiger partial charge in [0.05, 0.1) is 29.8 Å². The molecule has 0 aliphatic carbocycles. The molecule has 2 aromatic heterocycles. The number of nitrogens with zero attached hydrogens (tertiary/aromatic N) is 3. The molecule has 6 nitrogen and oxygen atoms in total. The van der Waals surface area contributed by atoms with E-state index in [0.29, 0.717) is 34.5 Å². The molecule has 0 radical (unpaired) electrons. The molecule has 4 aromatic rings. The van der Waals surface area contributed by atoms with Gasteiger partial charge in [-0.1, -0.05) is 23.9 Å². The highest BCUT2D eigenvalue weighted by molar-refractivity contribution is 9.11. The van der Waals surface area contributed by atoms with Crippen LogP contribution in [0.25, 0.3) is 11.4 Å². The van der Waals surface area contributed by atoms with Gasteiger partial charge < -0.3 is 9.73 Å². The van der Waals surface area contributed by atoms with E-state index in [1.54, 1.807) is 35.1 Å². The summed E-state index contributed by atoms with van der Waals surface area (Å²) in [7, 11) is 0. The number of halogens is 3. The van der Waals surface area contributed by atoms with Crippen LogP contribution >= 0.6 is 43.6 Å². The largest absolute Gasteiger partial charge is 0.467 e. The number of carbonyl (C=O) groups is 1. The molecule has 2 aromatic carbocycles. The minimum absolute atomic E-state index is 0.0975. The van der Waals surface area contributed by atoms with Gasteiger partial charge in [-0.05, 0) is 80.7 Å². The van der Waals surface area contributed by atoms with Crippen LogP contribution in [0, 0.1) is 12.7 Å². The van der Waals surface area contributed by atoms with E-state index < -0.39 is 5.82 Å². The number of amides is 1. The van der Waals surface area contributed by atoms with Gasteiger partial charge in [-0.3, -0.25) is 9.36 Å². The molecule has 0 atom stereocenters. The number of aryl methyl sites for hydroxylation is 1. The number of hydrogen-bond acceptors (Lipinski definition) is 5. The lowest BCUT2D eigenvalue weighted by molar-refractivity contribution is -0.113. The van der Waals surface area contributed by atoms with Crippen LogP contribution in [0.3, 0.4) is 0 Å². The fourth-order valence-electron chi connectivity index (χ4n) is 3.06. The van der Waals surface area contributed by atoms with Crippen molar-refractivity contribution in [3.63, 3.8) is 0 Å². The first-order chi connectivity index (χ1) is 15.4. The first-order valence-corrected chi connectivity index (χ1v) is 12.1. The number of benzene rings is 2. The fraction of sp³-hybridized carbons (Fsp3) is 0.136. The van der Waals surface area contributed by atoms with Crippen LogP contribution in [0.5, 0.6) is 0 Å². The molecule has 0 unspecified atom stereocenters. The van der Waals surface area contributed by atoms with Crippen LogP contribution < -0.4 is 5.32 Å². The number of carbonyl (C=O) groups excluding carboxylic acids is 1. The van der Waals surface area contributed by atoms with Crippen molar-refractivity contribution in [1.82, 2.24) is 14.8 Å². The first kappa shape index (κ1) is 22.8. The van der Waals surface area contributed by atoms with Gasteiger partial charge in [-0.25, -0.2) is 4.39 Å². The summed E-state index contributed by atoms with van der Waals surface area (Å²) in [6.45, 7) is 2.28. The Morgan fingerprint density at radius 2 is 1.91 bits per heavy atom. The number of rotatable bonds is 7. The second-order valence-electron chi connectivity index (χ2n) is 6.89. The molecule has 2 heterocycles. The van der Waals surface area contributed by atoms with Crippen molar-refractivity contribution in [3.8, 4) is 11.4 Å². The predicted octanol–water partition coefficient (Wildman–Crippen LogP) is 6.29. The lowest BCUT2D eigenvalue weighted by Gasteiger charge is -2.11. The van der Waals surface area contributed by atoms with Gasteiger partial charge in [-0.2, -0.15) is 0 Å². The summed E-state index contributed by atoms with van der Waals surface area (Å²) in [6, 6.07) is 13.8. The molecule has 0 aliphatic heterocycles. The van der Waals surface area contributed by atoms with Gasteiger partial charge in [-0.15, -0.1) is 10.2 Å². The van der Waals surface area contributed by atoms with Crippen molar-refractivity contribution < 1.29 is 13.6 Å². The van der Waals surface area contributed by atoms with Crippen molar-refractivity contribution in [1.29, 1.82) is 0 Å². The number of anilines is 1. The Morgan fingerprint density at radius 3 is 2.59 bits per heavy atom. The molecule has 10 heteroatoms. The maximum atomic E-state index is 14.4. The van der Waals surface area contributed by atoms with Crippen LogP contribution in [0.1, 0.15) is 11.3 Å². The molecule has 0 spiro atoms. The van der Waals surface area contributed by atoms with Gasteiger partial charge in [0.2, 0.25) is 5.91 Å². The molecule has 0 bridgehead atoms. The van der Waals surface area contributed by atoms with E-state index in [-0.39, 0.29) is 11.7 Å². The Bertz CT molecular complexity index is 1240. The first-order valence-electron chi connectivity index (χ1n) is 9.51. The average Bonchev–Trinajstić information content (AvgIpc) is 3.40. The molecule has 0 saturated heterocycles. The molecule has 1 amide bonds. The molecule has 32 heavy (non-hydrogen) atoms. The van der Waals surface area contributed by atoms with E-state index in [0.717, 1.165) is 14.5 Å². The Kier molecular flexibility index (Phi) is 7.12. The third-order valence-electron chi connectivity index (χ3n) is 4.51. The molecule has 0 fully saturated rings. The number of aromatic nitrogens is 3. The van der Waals surface area contributed by atoms with E-state index in [9.17, 15) is 9.18 Å². The van der Waals surface area contributed by atoms with Crippen LogP contribution in [0.15, 0.2) is 73.3 Å². The number of furan rings is 1. The monoisotopic (exact) mass is 578 g/mol. The van der Waals surface area contributed by atoms with Gasteiger partial charge in [0, 0.05) is 8.95 Å². The maximum absolute atomic E-state index is 14.4. The normalized spacial score (nSPS) is 11.0. The van der Waals surface area contributed by atoms with Crippen LogP contribution in [-0.2, 0) is 11.3 Å². The Labute approximate surface area is 204 Å². The zero-order valence-corrected chi connectivity index (χ0v) is 20.8. The minimum Gasteiger partial charge on any atom is -0.467 e. The topological polar surface area (TPSA) is 73.0 Å². The summed E-state index contributed by atoms with van der Waals surface area (Å²) >= 11 is 8.17. The lowest BCUT2D eigenvalue weighted by atomic mass is 10.2. The zero-order chi connectivity index (χ0) is 22.7. The summed E-state index contributed by atoms with van der Waals surface area (Å²) in [5.74, 6) is 0.525. The SMILES string of the molecule is Cc1cc(Br)c(NC(=O)CSc2nnc(-c3ccccc3F)n2Cc2ccco2)c(Br)c1. The summed E-state index contributed by atoms with van der Waals surface area (Å²) in [4.78, 5) is 12.6. The van der Waals surface area contributed by atoms with Crippen molar-refractivity contribution in [2.24, 2.45) is 0 Å². The van der Waals surface area contributed by atoms with Crippen LogP contribution in [0.4, 0.5) is 10.1 Å². The van der Waals surface area contributed by atoms with Crippen molar-refractivity contribution in [2.45, 2.75) is 18.6 Å². The van der Waals surface area contributed by atoms with Gasteiger partial charge in [0.15, 0.2) is 11.0 Å². The van der Waals surface area contributed by atoms with E-state index in [1.165, 1.54) is 17.8 Å². The smallest absolute Gasteiger partial charge is 0.234 e. The van der Waals surface area contributed by atoms with Crippen LogP contribution in [-0.4, -0.2) is 26.4 Å². The number of nitrogens with one attached hydrogen (secondary N) is 1. The summed E-state index contributed by atoms with van der Waals surface area (Å²) < 4.78 is 23.2. The van der Waals surface area contributed by atoms with Gasteiger partial charge in [0.25, 0.3) is 0 Å².